The highest BCUT2D eigenvalue weighted by molar-refractivity contribution is 6.29. The predicted molar refractivity (Wildman–Crippen MR) is 76.3 cm³/mol. The van der Waals surface area contributed by atoms with Crippen molar-refractivity contribution in [1.29, 1.82) is 0 Å². The van der Waals surface area contributed by atoms with Gasteiger partial charge in [-0.15, -0.1) is 0 Å². The summed E-state index contributed by atoms with van der Waals surface area (Å²) in [4.78, 5) is 8.76. The fourth-order valence-electron chi connectivity index (χ4n) is 1.60. The lowest BCUT2D eigenvalue weighted by atomic mass is 9.96. The van der Waals surface area contributed by atoms with E-state index < -0.39 is 0 Å². The Bertz CT molecular complexity index is 571. The molecule has 1 N–H and O–H groups in total. The van der Waals surface area contributed by atoms with Gasteiger partial charge in [-0.2, -0.15) is 5.10 Å². The van der Waals surface area contributed by atoms with Crippen molar-refractivity contribution in [3.05, 3.63) is 35.0 Å². The van der Waals surface area contributed by atoms with E-state index in [0.717, 1.165) is 17.3 Å². The summed E-state index contributed by atoms with van der Waals surface area (Å²) >= 11 is 6.04. The van der Waals surface area contributed by atoms with Crippen molar-refractivity contribution in [1.82, 2.24) is 19.7 Å². The Kier molecular flexibility index (Phi) is 3.75. The van der Waals surface area contributed by atoms with Gasteiger partial charge < -0.3 is 5.32 Å². The minimum absolute atomic E-state index is 0.131. The van der Waals surface area contributed by atoms with Gasteiger partial charge in [0, 0.05) is 24.7 Å². The third-order valence-corrected chi connectivity index (χ3v) is 2.93. The molecule has 0 aliphatic carbocycles. The number of nitrogens with zero attached hydrogens (tertiary/aromatic N) is 4. The average molecular weight is 280 g/mol. The maximum atomic E-state index is 6.04. The maximum Gasteiger partial charge on any atom is 0.137 e. The lowest BCUT2D eigenvalue weighted by molar-refractivity contribution is 0.546. The van der Waals surface area contributed by atoms with E-state index in [1.807, 2.05) is 17.8 Å². The first-order valence-corrected chi connectivity index (χ1v) is 6.50. The monoisotopic (exact) mass is 279 g/mol. The molecule has 6 heteroatoms. The second-order valence-electron chi connectivity index (χ2n) is 5.45. The molecule has 0 aliphatic rings. The lowest BCUT2D eigenvalue weighted by Crippen LogP contribution is -2.17. The molecule has 0 radical (unpaired) electrons. The van der Waals surface area contributed by atoms with Crippen molar-refractivity contribution in [2.75, 3.05) is 5.32 Å². The van der Waals surface area contributed by atoms with Crippen molar-refractivity contribution in [2.24, 2.45) is 7.05 Å². The van der Waals surface area contributed by atoms with E-state index in [-0.39, 0.29) is 5.41 Å². The van der Waals surface area contributed by atoms with Gasteiger partial charge in [0.15, 0.2) is 0 Å². The first kappa shape index (κ1) is 13.8. The van der Waals surface area contributed by atoms with Gasteiger partial charge in [0.25, 0.3) is 0 Å². The zero-order valence-electron chi connectivity index (χ0n) is 11.6. The minimum Gasteiger partial charge on any atom is -0.364 e. The molecule has 0 saturated carbocycles. The summed E-state index contributed by atoms with van der Waals surface area (Å²) in [5, 5.41) is 7.82. The average Bonchev–Trinajstić information content (AvgIpc) is 2.70. The van der Waals surface area contributed by atoms with Crippen LogP contribution in [0.1, 0.15) is 32.3 Å². The Labute approximate surface area is 118 Å². The van der Waals surface area contributed by atoms with E-state index in [0.29, 0.717) is 11.7 Å². The van der Waals surface area contributed by atoms with Crippen LogP contribution in [0, 0.1) is 0 Å². The van der Waals surface area contributed by atoms with E-state index in [4.69, 9.17) is 11.6 Å². The van der Waals surface area contributed by atoms with Crippen molar-refractivity contribution in [2.45, 2.75) is 32.7 Å². The van der Waals surface area contributed by atoms with Gasteiger partial charge in [-0.1, -0.05) is 32.4 Å². The predicted octanol–water partition coefficient (Wildman–Crippen LogP) is 2.77. The Morgan fingerprint density at radius 2 is 2.05 bits per heavy atom. The number of aromatic nitrogens is 4. The van der Waals surface area contributed by atoms with Gasteiger partial charge in [0.2, 0.25) is 0 Å². The lowest BCUT2D eigenvalue weighted by Gasteiger charge is -2.17. The summed E-state index contributed by atoms with van der Waals surface area (Å²) < 4.78 is 1.82. The summed E-state index contributed by atoms with van der Waals surface area (Å²) in [5.74, 6) is 1.46. The summed E-state index contributed by atoms with van der Waals surface area (Å²) in [6, 6.07) is 3.69. The third kappa shape index (κ3) is 3.44. The normalized spacial score (nSPS) is 11.6. The number of nitrogens with one attached hydrogen (secondary N) is 1. The van der Waals surface area contributed by atoms with Gasteiger partial charge in [0.05, 0.1) is 12.2 Å². The summed E-state index contributed by atoms with van der Waals surface area (Å²) in [5.41, 5.74) is 0.945. The Morgan fingerprint density at radius 1 is 1.32 bits per heavy atom. The molecule has 0 saturated heterocycles. The second kappa shape index (κ2) is 5.17. The summed E-state index contributed by atoms with van der Waals surface area (Å²) in [7, 11) is 1.91. The smallest absolute Gasteiger partial charge is 0.137 e. The van der Waals surface area contributed by atoms with Crippen molar-refractivity contribution >= 4 is 17.4 Å². The highest BCUT2D eigenvalue weighted by atomic mass is 35.5. The first-order chi connectivity index (χ1) is 8.86. The summed E-state index contributed by atoms with van der Waals surface area (Å²) in [6.07, 6.45) is 1.77. The first-order valence-electron chi connectivity index (χ1n) is 6.12. The minimum atomic E-state index is -0.131. The molecule has 19 heavy (non-hydrogen) atoms. The molecule has 0 atom stereocenters. The topological polar surface area (TPSA) is 55.6 Å². The molecule has 0 aromatic carbocycles. The molecule has 0 bridgehead atoms. The van der Waals surface area contributed by atoms with Crippen LogP contribution >= 0.6 is 11.6 Å². The molecule has 2 heterocycles. The quantitative estimate of drug-likeness (QED) is 0.878. The number of aryl methyl sites for hydroxylation is 1. The highest BCUT2D eigenvalue weighted by Crippen LogP contribution is 2.22. The molecule has 0 unspecified atom stereocenters. The number of anilines is 1. The Balaban J connectivity index is 2.17. The standard InChI is InChI=1S/C13H18ClN5/c1-13(2,3)12-17-10(14)7-11(18-12)15-8-9-5-6-16-19(9)4/h5-7H,8H2,1-4H3,(H,15,17,18). The fourth-order valence-corrected chi connectivity index (χ4v) is 1.78. The van der Waals surface area contributed by atoms with Crippen LogP contribution in [0.4, 0.5) is 5.82 Å². The fraction of sp³-hybridized carbons (Fsp3) is 0.462. The van der Waals surface area contributed by atoms with E-state index in [1.165, 1.54) is 0 Å². The van der Waals surface area contributed by atoms with Crippen LogP contribution in [0.5, 0.6) is 0 Å². The van der Waals surface area contributed by atoms with Crippen LogP contribution in [-0.4, -0.2) is 19.7 Å². The number of rotatable bonds is 3. The van der Waals surface area contributed by atoms with Crippen molar-refractivity contribution in [3.63, 3.8) is 0 Å². The maximum absolute atomic E-state index is 6.04. The van der Waals surface area contributed by atoms with Crippen LogP contribution in [-0.2, 0) is 19.0 Å². The number of hydrogen-bond donors (Lipinski definition) is 1. The zero-order valence-corrected chi connectivity index (χ0v) is 12.4. The largest absolute Gasteiger partial charge is 0.364 e. The van der Waals surface area contributed by atoms with Crippen LogP contribution in [0.3, 0.4) is 0 Å². The van der Waals surface area contributed by atoms with Gasteiger partial charge in [0.1, 0.15) is 16.8 Å². The van der Waals surface area contributed by atoms with E-state index in [2.05, 4.69) is 41.2 Å². The molecule has 0 amide bonds. The molecule has 102 valence electrons. The van der Waals surface area contributed by atoms with Crippen LogP contribution in [0.15, 0.2) is 18.3 Å². The van der Waals surface area contributed by atoms with Gasteiger partial charge in [-0.3, -0.25) is 4.68 Å². The number of halogens is 1. The SMILES string of the molecule is Cn1nccc1CNc1cc(Cl)nc(C(C)(C)C)n1. The van der Waals surface area contributed by atoms with Gasteiger partial charge in [-0.05, 0) is 6.07 Å². The van der Waals surface area contributed by atoms with Crippen molar-refractivity contribution < 1.29 is 0 Å². The van der Waals surface area contributed by atoms with Crippen molar-refractivity contribution in [3.8, 4) is 0 Å². The Morgan fingerprint density at radius 3 is 2.63 bits per heavy atom. The third-order valence-electron chi connectivity index (χ3n) is 2.74. The summed E-state index contributed by atoms with van der Waals surface area (Å²) in [6.45, 7) is 6.82. The molecule has 0 fully saturated rings. The highest BCUT2D eigenvalue weighted by Gasteiger charge is 2.18. The number of hydrogen-bond acceptors (Lipinski definition) is 4. The van der Waals surface area contributed by atoms with E-state index in [9.17, 15) is 0 Å². The second-order valence-corrected chi connectivity index (χ2v) is 5.84. The van der Waals surface area contributed by atoms with Crippen LogP contribution < -0.4 is 5.32 Å². The van der Waals surface area contributed by atoms with Gasteiger partial charge >= 0.3 is 0 Å². The van der Waals surface area contributed by atoms with E-state index in [1.54, 1.807) is 12.3 Å². The molecule has 0 spiro atoms. The molecule has 0 aliphatic heterocycles. The van der Waals surface area contributed by atoms with Gasteiger partial charge in [-0.25, -0.2) is 9.97 Å². The van der Waals surface area contributed by atoms with Crippen LogP contribution in [0.2, 0.25) is 5.15 Å². The van der Waals surface area contributed by atoms with Crippen LogP contribution in [0.25, 0.3) is 0 Å². The molecular weight excluding hydrogens is 262 g/mol. The Hall–Kier alpha value is -1.62. The zero-order chi connectivity index (χ0) is 14.0. The molecule has 5 nitrogen and oxygen atoms in total. The molecule has 2 aromatic heterocycles. The molecule has 2 rings (SSSR count). The molecular formula is C13H18ClN5. The molecule has 2 aromatic rings. The van der Waals surface area contributed by atoms with E-state index >= 15 is 0 Å².